The van der Waals surface area contributed by atoms with Gasteiger partial charge in [0.1, 0.15) is 0 Å². The van der Waals surface area contributed by atoms with Crippen molar-refractivity contribution in [1.29, 1.82) is 0 Å². The second kappa shape index (κ2) is 4.66. The fourth-order valence-corrected chi connectivity index (χ4v) is 3.47. The summed E-state index contributed by atoms with van der Waals surface area (Å²) in [6.07, 6.45) is 6.15. The number of hydrogen-bond acceptors (Lipinski definition) is 2. The molecular weight excluding hydrogens is 198 g/mol. The molecule has 0 aromatic heterocycles. The summed E-state index contributed by atoms with van der Waals surface area (Å²) >= 11 is 0. The van der Waals surface area contributed by atoms with E-state index in [0.29, 0.717) is 6.04 Å². The molecule has 1 N–H and O–H groups in total. The Morgan fingerprint density at radius 1 is 1.31 bits per heavy atom. The summed E-state index contributed by atoms with van der Waals surface area (Å²) in [6.45, 7) is 9.15. The van der Waals surface area contributed by atoms with E-state index in [1.54, 1.807) is 0 Å². The van der Waals surface area contributed by atoms with E-state index in [4.69, 9.17) is 0 Å². The molecule has 0 bridgehead atoms. The summed E-state index contributed by atoms with van der Waals surface area (Å²) in [5, 5.41) is 10.5. The molecule has 1 aliphatic heterocycles. The van der Waals surface area contributed by atoms with Gasteiger partial charge >= 0.3 is 0 Å². The quantitative estimate of drug-likeness (QED) is 0.781. The maximum atomic E-state index is 10.5. The van der Waals surface area contributed by atoms with Crippen LogP contribution in [0, 0.1) is 11.3 Å². The normalized spacial score (nSPS) is 40.1. The van der Waals surface area contributed by atoms with E-state index in [2.05, 4.69) is 25.7 Å². The third-order valence-corrected chi connectivity index (χ3v) is 4.85. The lowest BCUT2D eigenvalue weighted by Gasteiger charge is -2.44. The Morgan fingerprint density at radius 3 is 2.69 bits per heavy atom. The topological polar surface area (TPSA) is 23.5 Å². The van der Waals surface area contributed by atoms with Crippen LogP contribution in [0.5, 0.6) is 0 Å². The second-order valence-corrected chi connectivity index (χ2v) is 6.45. The van der Waals surface area contributed by atoms with Crippen LogP contribution in [0.25, 0.3) is 0 Å². The van der Waals surface area contributed by atoms with Crippen LogP contribution < -0.4 is 0 Å². The average Bonchev–Trinajstić information content (AvgIpc) is 2.70. The Balaban J connectivity index is 1.99. The maximum Gasteiger partial charge on any atom is 0.0746 e. The molecule has 0 radical (unpaired) electrons. The summed E-state index contributed by atoms with van der Waals surface area (Å²) < 4.78 is 0. The van der Waals surface area contributed by atoms with E-state index in [9.17, 15) is 5.11 Å². The van der Waals surface area contributed by atoms with E-state index < -0.39 is 0 Å². The van der Waals surface area contributed by atoms with Crippen molar-refractivity contribution in [3.8, 4) is 0 Å². The van der Waals surface area contributed by atoms with Crippen LogP contribution in [-0.2, 0) is 0 Å². The van der Waals surface area contributed by atoms with Crippen LogP contribution in [0.1, 0.15) is 52.9 Å². The number of hydrogen-bond donors (Lipinski definition) is 1. The van der Waals surface area contributed by atoms with Gasteiger partial charge in [0, 0.05) is 12.6 Å². The fourth-order valence-electron chi connectivity index (χ4n) is 3.47. The van der Waals surface area contributed by atoms with Gasteiger partial charge in [0.05, 0.1) is 6.10 Å². The van der Waals surface area contributed by atoms with Crippen LogP contribution in [0.3, 0.4) is 0 Å². The molecule has 0 aromatic carbocycles. The first kappa shape index (κ1) is 12.4. The van der Waals surface area contributed by atoms with Gasteiger partial charge in [-0.05, 0) is 37.1 Å². The van der Waals surface area contributed by atoms with Crippen LogP contribution in [-0.4, -0.2) is 35.2 Å². The molecule has 16 heavy (non-hydrogen) atoms. The zero-order valence-electron chi connectivity index (χ0n) is 11.1. The molecule has 0 aromatic rings. The van der Waals surface area contributed by atoms with Crippen LogP contribution in [0.2, 0.25) is 0 Å². The highest BCUT2D eigenvalue weighted by molar-refractivity contribution is 4.95. The molecule has 2 heteroatoms. The standard InChI is InChI=1S/C14H27NO/c1-4-11-7-9-15(10-11)12-6-5-8-14(2,3)13(12)16/h11-13,16H,4-10H2,1-3H3. The van der Waals surface area contributed by atoms with Gasteiger partial charge in [-0.2, -0.15) is 0 Å². The van der Waals surface area contributed by atoms with Gasteiger partial charge in [0.15, 0.2) is 0 Å². The van der Waals surface area contributed by atoms with Crippen LogP contribution in [0.15, 0.2) is 0 Å². The molecule has 0 amide bonds. The molecule has 2 fully saturated rings. The highest BCUT2D eigenvalue weighted by Gasteiger charge is 2.41. The lowest BCUT2D eigenvalue weighted by Crippen LogP contribution is -2.51. The van der Waals surface area contributed by atoms with Gasteiger partial charge in [0.25, 0.3) is 0 Å². The highest BCUT2D eigenvalue weighted by Crippen LogP contribution is 2.39. The number of nitrogens with zero attached hydrogens (tertiary/aromatic N) is 1. The molecule has 1 saturated heterocycles. The third kappa shape index (κ3) is 2.28. The molecule has 2 rings (SSSR count). The van der Waals surface area contributed by atoms with Gasteiger partial charge in [-0.3, -0.25) is 4.90 Å². The Labute approximate surface area is 100 Å². The molecule has 94 valence electrons. The largest absolute Gasteiger partial charge is 0.391 e. The SMILES string of the molecule is CCC1CCN(C2CCCC(C)(C)C2O)C1. The fraction of sp³-hybridized carbons (Fsp3) is 1.00. The lowest BCUT2D eigenvalue weighted by molar-refractivity contribution is -0.0519. The maximum absolute atomic E-state index is 10.5. The molecule has 0 spiro atoms. The summed E-state index contributed by atoms with van der Waals surface area (Å²) in [7, 11) is 0. The monoisotopic (exact) mass is 225 g/mol. The van der Waals surface area contributed by atoms with Crippen molar-refractivity contribution in [2.24, 2.45) is 11.3 Å². The second-order valence-electron chi connectivity index (χ2n) is 6.45. The predicted octanol–water partition coefficient (Wildman–Crippen LogP) is 2.66. The number of aliphatic hydroxyl groups is 1. The summed E-state index contributed by atoms with van der Waals surface area (Å²) in [5.74, 6) is 0.872. The van der Waals surface area contributed by atoms with Crippen molar-refractivity contribution in [2.75, 3.05) is 13.1 Å². The van der Waals surface area contributed by atoms with Gasteiger partial charge in [0.2, 0.25) is 0 Å². The molecule has 1 saturated carbocycles. The Kier molecular flexibility index (Phi) is 3.60. The zero-order chi connectivity index (χ0) is 11.8. The van der Waals surface area contributed by atoms with Crippen molar-refractivity contribution < 1.29 is 5.11 Å². The summed E-state index contributed by atoms with van der Waals surface area (Å²) in [5.41, 5.74) is 0.118. The first-order chi connectivity index (χ1) is 7.54. The van der Waals surface area contributed by atoms with Gasteiger partial charge in [-0.25, -0.2) is 0 Å². The van der Waals surface area contributed by atoms with Gasteiger partial charge in [-0.1, -0.05) is 33.6 Å². The summed E-state index contributed by atoms with van der Waals surface area (Å²) in [4.78, 5) is 2.56. The van der Waals surface area contributed by atoms with E-state index in [-0.39, 0.29) is 11.5 Å². The number of aliphatic hydroxyl groups excluding tert-OH is 1. The van der Waals surface area contributed by atoms with Crippen LogP contribution in [0.4, 0.5) is 0 Å². The van der Waals surface area contributed by atoms with Crippen molar-refractivity contribution in [1.82, 2.24) is 4.90 Å². The number of rotatable bonds is 2. The van der Waals surface area contributed by atoms with E-state index in [1.165, 1.54) is 45.2 Å². The Morgan fingerprint density at radius 2 is 2.06 bits per heavy atom. The minimum absolute atomic E-state index is 0.118. The van der Waals surface area contributed by atoms with Crippen molar-refractivity contribution in [2.45, 2.75) is 65.0 Å². The molecule has 2 aliphatic rings. The zero-order valence-corrected chi connectivity index (χ0v) is 11.1. The predicted molar refractivity (Wildman–Crippen MR) is 67.4 cm³/mol. The molecule has 3 unspecified atom stereocenters. The smallest absolute Gasteiger partial charge is 0.0746 e. The van der Waals surface area contributed by atoms with E-state index in [0.717, 1.165) is 5.92 Å². The summed E-state index contributed by atoms with van der Waals surface area (Å²) in [6, 6.07) is 0.431. The Hall–Kier alpha value is -0.0800. The molecule has 3 atom stereocenters. The lowest BCUT2D eigenvalue weighted by atomic mass is 9.72. The van der Waals surface area contributed by atoms with E-state index >= 15 is 0 Å². The Bertz CT molecular complexity index is 239. The average molecular weight is 225 g/mol. The third-order valence-electron chi connectivity index (χ3n) is 4.85. The first-order valence-corrected chi connectivity index (χ1v) is 6.96. The van der Waals surface area contributed by atoms with Crippen molar-refractivity contribution in [3.05, 3.63) is 0 Å². The van der Waals surface area contributed by atoms with Crippen molar-refractivity contribution >= 4 is 0 Å². The minimum atomic E-state index is -0.128. The van der Waals surface area contributed by atoms with Crippen molar-refractivity contribution in [3.63, 3.8) is 0 Å². The van der Waals surface area contributed by atoms with E-state index in [1.807, 2.05) is 0 Å². The molecule has 1 heterocycles. The minimum Gasteiger partial charge on any atom is -0.391 e. The molecule has 1 aliphatic carbocycles. The molecular formula is C14H27NO. The number of likely N-dealkylation sites (tertiary alicyclic amines) is 1. The van der Waals surface area contributed by atoms with Crippen LogP contribution >= 0.6 is 0 Å². The first-order valence-electron chi connectivity index (χ1n) is 6.96. The molecule has 2 nitrogen and oxygen atoms in total. The van der Waals surface area contributed by atoms with Gasteiger partial charge in [-0.15, -0.1) is 0 Å². The highest BCUT2D eigenvalue weighted by atomic mass is 16.3. The van der Waals surface area contributed by atoms with Gasteiger partial charge < -0.3 is 5.11 Å².